The Morgan fingerprint density at radius 2 is 1.97 bits per heavy atom. The predicted octanol–water partition coefficient (Wildman–Crippen LogP) is 2.52. The fraction of sp³-hybridized carbons (Fsp3) is 0.348. The van der Waals surface area contributed by atoms with Crippen molar-refractivity contribution in [3.8, 4) is 0 Å². The minimum atomic E-state index is -0.969. The number of hydrogen-bond donors (Lipinski definition) is 3. The summed E-state index contributed by atoms with van der Waals surface area (Å²) in [7, 11) is 1.77. The minimum Gasteiger partial charge on any atom is -0.478 e. The lowest BCUT2D eigenvalue weighted by atomic mass is 10.0. The number of anilines is 2. The number of hydrogen-bond acceptors (Lipinski definition) is 6. The van der Waals surface area contributed by atoms with Crippen LogP contribution in [0.2, 0.25) is 0 Å². The van der Waals surface area contributed by atoms with Gasteiger partial charge in [-0.25, -0.2) is 9.78 Å². The summed E-state index contributed by atoms with van der Waals surface area (Å²) in [5, 5.41) is 16.5. The molecule has 1 aliphatic rings. The zero-order valence-electron chi connectivity index (χ0n) is 18.0. The molecule has 0 radical (unpaired) electrons. The molecule has 0 spiro atoms. The van der Waals surface area contributed by atoms with Gasteiger partial charge in [0.15, 0.2) is 0 Å². The number of rotatable bonds is 5. The van der Waals surface area contributed by atoms with Crippen LogP contribution >= 0.6 is 0 Å². The van der Waals surface area contributed by atoms with Crippen LogP contribution in [-0.2, 0) is 7.05 Å². The fourth-order valence-electron chi connectivity index (χ4n) is 4.09. The molecule has 1 aliphatic heterocycles. The van der Waals surface area contributed by atoms with E-state index in [-0.39, 0.29) is 17.2 Å². The first-order valence-electron chi connectivity index (χ1n) is 10.4. The smallest absolute Gasteiger partial charge is 0.335 e. The molecule has 0 amide bonds. The monoisotopic (exact) mass is 421 g/mol. The van der Waals surface area contributed by atoms with Crippen LogP contribution in [-0.4, -0.2) is 46.8 Å². The number of carbonyl (C=O) groups is 1. The second kappa shape index (κ2) is 8.39. The maximum absolute atomic E-state index is 13.2. The van der Waals surface area contributed by atoms with Crippen molar-refractivity contribution in [2.75, 3.05) is 36.4 Å². The normalized spacial score (nSPS) is 15.1. The highest BCUT2D eigenvalue weighted by atomic mass is 16.4. The first kappa shape index (κ1) is 20.9. The SMILES string of the molecule is Cc1cc(C(C)Nc2cccc(C(=O)O)c2)c2nc(N3CCNCC3)n(C)c(=O)c2c1. The number of nitrogens with zero attached hydrogens (tertiary/aromatic N) is 3. The topological polar surface area (TPSA) is 99.5 Å². The molecule has 31 heavy (non-hydrogen) atoms. The molecule has 1 aromatic heterocycles. The molecule has 2 aromatic carbocycles. The predicted molar refractivity (Wildman–Crippen MR) is 122 cm³/mol. The van der Waals surface area contributed by atoms with E-state index in [1.165, 1.54) is 0 Å². The molecule has 0 saturated carbocycles. The van der Waals surface area contributed by atoms with E-state index < -0.39 is 5.97 Å². The van der Waals surface area contributed by atoms with Crippen molar-refractivity contribution in [3.63, 3.8) is 0 Å². The van der Waals surface area contributed by atoms with Crippen LogP contribution in [0.3, 0.4) is 0 Å². The van der Waals surface area contributed by atoms with Crippen LogP contribution in [0.5, 0.6) is 0 Å². The Morgan fingerprint density at radius 1 is 1.23 bits per heavy atom. The number of nitrogens with one attached hydrogen (secondary N) is 2. The standard InChI is InChI=1S/C23H27N5O3/c1-14-11-18(15(2)25-17-6-4-5-16(13-17)22(30)31)20-19(12-14)21(29)27(3)23(26-20)28-9-7-24-8-10-28/h4-6,11-13,15,24-25H,7-10H2,1-3H3,(H,30,31). The van der Waals surface area contributed by atoms with E-state index >= 15 is 0 Å². The highest BCUT2D eigenvalue weighted by molar-refractivity contribution is 5.89. The Labute approximate surface area is 180 Å². The van der Waals surface area contributed by atoms with E-state index in [0.717, 1.165) is 37.3 Å². The van der Waals surface area contributed by atoms with Gasteiger partial charge in [0, 0.05) is 44.5 Å². The van der Waals surface area contributed by atoms with Crippen molar-refractivity contribution >= 4 is 28.5 Å². The molecule has 1 saturated heterocycles. The molecule has 8 nitrogen and oxygen atoms in total. The van der Waals surface area contributed by atoms with Gasteiger partial charge < -0.3 is 20.6 Å². The molecule has 0 bridgehead atoms. The second-order valence-corrected chi connectivity index (χ2v) is 8.02. The van der Waals surface area contributed by atoms with Crippen molar-refractivity contribution < 1.29 is 9.90 Å². The number of fused-ring (bicyclic) bond motifs is 1. The van der Waals surface area contributed by atoms with Crippen LogP contribution in [0.1, 0.15) is 34.5 Å². The van der Waals surface area contributed by atoms with E-state index in [4.69, 9.17) is 4.98 Å². The molecular formula is C23H27N5O3. The fourth-order valence-corrected chi connectivity index (χ4v) is 4.09. The minimum absolute atomic E-state index is 0.0662. The number of aromatic carboxylic acids is 1. The zero-order valence-corrected chi connectivity index (χ0v) is 18.0. The molecule has 1 unspecified atom stereocenters. The van der Waals surface area contributed by atoms with Crippen molar-refractivity contribution in [2.24, 2.45) is 7.05 Å². The van der Waals surface area contributed by atoms with Crippen molar-refractivity contribution in [2.45, 2.75) is 19.9 Å². The Kier molecular flexibility index (Phi) is 5.65. The van der Waals surface area contributed by atoms with Crippen molar-refractivity contribution in [1.82, 2.24) is 14.9 Å². The molecule has 0 aliphatic carbocycles. The second-order valence-electron chi connectivity index (χ2n) is 8.02. The Morgan fingerprint density at radius 3 is 2.68 bits per heavy atom. The lowest BCUT2D eigenvalue weighted by Gasteiger charge is -2.30. The van der Waals surface area contributed by atoms with Crippen molar-refractivity contribution in [3.05, 3.63) is 63.4 Å². The molecule has 4 rings (SSSR count). The molecule has 1 atom stereocenters. The van der Waals surface area contributed by atoms with E-state index in [1.807, 2.05) is 32.0 Å². The first-order valence-corrected chi connectivity index (χ1v) is 10.4. The quantitative estimate of drug-likeness (QED) is 0.582. The van der Waals surface area contributed by atoms with Gasteiger partial charge in [0.05, 0.1) is 22.5 Å². The number of benzene rings is 2. The van der Waals surface area contributed by atoms with Gasteiger partial charge in [0.1, 0.15) is 0 Å². The van der Waals surface area contributed by atoms with Gasteiger partial charge in [-0.1, -0.05) is 12.1 Å². The number of piperazine rings is 1. The summed E-state index contributed by atoms with van der Waals surface area (Å²) in [4.78, 5) is 31.6. The molecule has 162 valence electrons. The maximum atomic E-state index is 13.2. The van der Waals surface area contributed by atoms with E-state index in [0.29, 0.717) is 22.5 Å². The molecule has 8 heteroatoms. The Bertz CT molecular complexity index is 1200. The van der Waals surface area contributed by atoms with Crippen LogP contribution in [0.15, 0.2) is 41.2 Å². The van der Waals surface area contributed by atoms with E-state index in [2.05, 4.69) is 15.5 Å². The summed E-state index contributed by atoms with van der Waals surface area (Å²) in [6, 6.07) is 10.5. The number of carboxylic acid groups (broad SMARTS) is 1. The number of aromatic nitrogens is 2. The van der Waals surface area contributed by atoms with Crippen LogP contribution in [0.4, 0.5) is 11.6 Å². The summed E-state index contributed by atoms with van der Waals surface area (Å²) in [6.07, 6.45) is 0. The zero-order chi connectivity index (χ0) is 22.1. The van der Waals surface area contributed by atoms with Gasteiger partial charge in [0.25, 0.3) is 5.56 Å². The van der Waals surface area contributed by atoms with Crippen molar-refractivity contribution in [1.29, 1.82) is 0 Å². The molecular weight excluding hydrogens is 394 g/mol. The summed E-state index contributed by atoms with van der Waals surface area (Å²) in [6.45, 7) is 7.25. The maximum Gasteiger partial charge on any atom is 0.335 e. The van der Waals surface area contributed by atoms with E-state index in [9.17, 15) is 14.7 Å². The first-order chi connectivity index (χ1) is 14.8. The summed E-state index contributed by atoms with van der Waals surface area (Å²) < 4.78 is 1.63. The van der Waals surface area contributed by atoms with Gasteiger partial charge in [0.2, 0.25) is 5.95 Å². The van der Waals surface area contributed by atoms with Crippen LogP contribution in [0, 0.1) is 6.92 Å². The third-order valence-corrected chi connectivity index (χ3v) is 5.69. The third-order valence-electron chi connectivity index (χ3n) is 5.69. The van der Waals surface area contributed by atoms with Crippen LogP contribution < -0.4 is 21.1 Å². The third kappa shape index (κ3) is 4.11. The largest absolute Gasteiger partial charge is 0.478 e. The highest BCUT2D eigenvalue weighted by Gasteiger charge is 2.20. The summed E-state index contributed by atoms with van der Waals surface area (Å²) in [5.41, 5.74) is 3.42. The average Bonchev–Trinajstić information content (AvgIpc) is 2.76. The van der Waals surface area contributed by atoms with Gasteiger partial charge >= 0.3 is 5.97 Å². The number of aryl methyl sites for hydroxylation is 1. The molecule has 2 heterocycles. The molecule has 3 aromatic rings. The van der Waals surface area contributed by atoms with Gasteiger partial charge in [-0.2, -0.15) is 0 Å². The summed E-state index contributed by atoms with van der Waals surface area (Å²) >= 11 is 0. The Hall–Kier alpha value is -3.39. The molecule has 1 fully saturated rings. The van der Waals surface area contributed by atoms with Crippen LogP contribution in [0.25, 0.3) is 10.9 Å². The molecule has 3 N–H and O–H groups in total. The van der Waals surface area contributed by atoms with Gasteiger partial charge in [-0.3, -0.25) is 9.36 Å². The highest BCUT2D eigenvalue weighted by Crippen LogP contribution is 2.28. The lowest BCUT2D eigenvalue weighted by molar-refractivity contribution is 0.0697. The van der Waals surface area contributed by atoms with Gasteiger partial charge in [-0.05, 0) is 43.7 Å². The van der Waals surface area contributed by atoms with Gasteiger partial charge in [-0.15, -0.1) is 0 Å². The summed E-state index contributed by atoms with van der Waals surface area (Å²) in [5.74, 6) is -0.299. The lowest BCUT2D eigenvalue weighted by Crippen LogP contribution is -2.45. The average molecular weight is 422 g/mol. The Balaban J connectivity index is 1.79. The number of carboxylic acids is 1. The van der Waals surface area contributed by atoms with E-state index in [1.54, 1.807) is 29.8 Å².